The zero-order valence-electron chi connectivity index (χ0n) is 12.1. The molecule has 3 nitrogen and oxygen atoms in total. The Morgan fingerprint density at radius 1 is 1.41 bits per heavy atom. The van der Waals surface area contributed by atoms with Crippen LogP contribution in [0.3, 0.4) is 0 Å². The van der Waals surface area contributed by atoms with Gasteiger partial charge >= 0.3 is 0 Å². The van der Waals surface area contributed by atoms with Gasteiger partial charge in [0.05, 0.1) is 6.10 Å². The summed E-state index contributed by atoms with van der Waals surface area (Å²) < 4.78 is 11.1. The zero-order valence-corrected chi connectivity index (χ0v) is 12.1. The van der Waals surface area contributed by atoms with E-state index in [0.717, 1.165) is 32.7 Å². The van der Waals surface area contributed by atoms with E-state index in [1.165, 1.54) is 0 Å². The van der Waals surface area contributed by atoms with Gasteiger partial charge in [0.25, 0.3) is 0 Å². The summed E-state index contributed by atoms with van der Waals surface area (Å²) in [5.74, 6) is 1.23. The Morgan fingerprint density at radius 3 is 2.59 bits per heavy atom. The lowest BCUT2D eigenvalue weighted by Crippen LogP contribution is -2.46. The highest BCUT2D eigenvalue weighted by molar-refractivity contribution is 4.95. The second-order valence-electron chi connectivity index (χ2n) is 5.88. The van der Waals surface area contributed by atoms with Gasteiger partial charge in [0.1, 0.15) is 0 Å². The summed E-state index contributed by atoms with van der Waals surface area (Å²) in [4.78, 5) is 0. The maximum Gasteiger partial charge on any atom is 0.0619 e. The average Bonchev–Trinajstić information content (AvgIpc) is 2.61. The molecular weight excluding hydrogens is 214 g/mol. The molecule has 1 heterocycles. The highest BCUT2D eigenvalue weighted by Gasteiger charge is 2.45. The van der Waals surface area contributed by atoms with Crippen molar-refractivity contribution in [2.45, 2.75) is 40.2 Å². The Labute approximate surface area is 106 Å². The van der Waals surface area contributed by atoms with Gasteiger partial charge in [0, 0.05) is 32.3 Å². The number of nitrogens with one attached hydrogen (secondary N) is 1. The molecule has 3 unspecified atom stereocenters. The molecule has 3 atom stereocenters. The molecule has 1 fully saturated rings. The van der Waals surface area contributed by atoms with Crippen LogP contribution in [0.2, 0.25) is 0 Å². The molecule has 0 radical (unpaired) electrons. The SMILES string of the molecule is COCC(C)C1(CNCC(C)C)CCOC1C. The van der Waals surface area contributed by atoms with Gasteiger partial charge in [0.15, 0.2) is 0 Å². The predicted molar refractivity (Wildman–Crippen MR) is 71.2 cm³/mol. The maximum absolute atomic E-state index is 5.80. The van der Waals surface area contributed by atoms with Crippen molar-refractivity contribution in [1.29, 1.82) is 0 Å². The summed E-state index contributed by atoms with van der Waals surface area (Å²) in [5, 5.41) is 3.60. The van der Waals surface area contributed by atoms with Crippen molar-refractivity contribution in [3.8, 4) is 0 Å². The number of hydrogen-bond acceptors (Lipinski definition) is 3. The first-order chi connectivity index (χ1) is 8.03. The Kier molecular flexibility index (Phi) is 5.90. The lowest BCUT2D eigenvalue weighted by Gasteiger charge is -2.38. The van der Waals surface area contributed by atoms with E-state index in [9.17, 15) is 0 Å². The van der Waals surface area contributed by atoms with Crippen LogP contribution in [-0.4, -0.2) is 39.5 Å². The molecule has 0 spiro atoms. The Hall–Kier alpha value is -0.120. The zero-order chi connectivity index (χ0) is 12.9. The summed E-state index contributed by atoms with van der Waals surface area (Å²) in [6.45, 7) is 12.8. The van der Waals surface area contributed by atoms with Gasteiger partial charge in [-0.3, -0.25) is 0 Å². The molecule has 0 aromatic heterocycles. The third-order valence-electron chi connectivity index (χ3n) is 4.15. The van der Waals surface area contributed by atoms with E-state index >= 15 is 0 Å². The van der Waals surface area contributed by atoms with Gasteiger partial charge in [-0.2, -0.15) is 0 Å². The van der Waals surface area contributed by atoms with E-state index in [2.05, 4.69) is 33.0 Å². The molecule has 0 aromatic rings. The topological polar surface area (TPSA) is 30.5 Å². The van der Waals surface area contributed by atoms with Gasteiger partial charge < -0.3 is 14.8 Å². The van der Waals surface area contributed by atoms with Crippen LogP contribution >= 0.6 is 0 Å². The van der Waals surface area contributed by atoms with Gasteiger partial charge in [-0.05, 0) is 31.7 Å². The van der Waals surface area contributed by atoms with E-state index in [1.54, 1.807) is 7.11 Å². The summed E-state index contributed by atoms with van der Waals surface area (Å²) >= 11 is 0. The third kappa shape index (κ3) is 3.67. The molecule has 102 valence electrons. The molecule has 1 aliphatic rings. The molecule has 1 aliphatic heterocycles. The summed E-state index contributed by atoms with van der Waals surface area (Å²) in [5.41, 5.74) is 0.241. The van der Waals surface area contributed by atoms with E-state index in [0.29, 0.717) is 17.9 Å². The van der Waals surface area contributed by atoms with Gasteiger partial charge in [0.2, 0.25) is 0 Å². The average molecular weight is 243 g/mol. The van der Waals surface area contributed by atoms with Gasteiger partial charge in [-0.15, -0.1) is 0 Å². The number of ether oxygens (including phenoxy) is 2. The minimum atomic E-state index is 0.241. The molecule has 17 heavy (non-hydrogen) atoms. The molecule has 0 aromatic carbocycles. The number of rotatable bonds is 7. The third-order valence-corrected chi connectivity index (χ3v) is 4.15. The van der Waals surface area contributed by atoms with Crippen LogP contribution < -0.4 is 5.32 Å². The van der Waals surface area contributed by atoms with Gasteiger partial charge in [-0.1, -0.05) is 20.8 Å². The molecule has 0 amide bonds. The summed E-state index contributed by atoms with van der Waals surface area (Å²) in [6, 6.07) is 0. The second kappa shape index (κ2) is 6.72. The van der Waals surface area contributed by atoms with Crippen molar-refractivity contribution in [3.05, 3.63) is 0 Å². The Morgan fingerprint density at radius 2 is 2.12 bits per heavy atom. The van der Waals surface area contributed by atoms with E-state index in [4.69, 9.17) is 9.47 Å². The van der Waals surface area contributed by atoms with Crippen molar-refractivity contribution in [1.82, 2.24) is 5.32 Å². The lowest BCUT2D eigenvalue weighted by atomic mass is 9.71. The van der Waals surface area contributed by atoms with E-state index < -0.39 is 0 Å². The monoisotopic (exact) mass is 243 g/mol. The van der Waals surface area contributed by atoms with Crippen LogP contribution in [0.1, 0.15) is 34.1 Å². The molecule has 0 aliphatic carbocycles. The fourth-order valence-corrected chi connectivity index (χ4v) is 2.86. The summed E-state index contributed by atoms with van der Waals surface area (Å²) in [7, 11) is 1.78. The van der Waals surface area contributed by atoms with Crippen LogP contribution in [-0.2, 0) is 9.47 Å². The minimum absolute atomic E-state index is 0.241. The van der Waals surface area contributed by atoms with Crippen LogP contribution in [0, 0.1) is 17.3 Å². The smallest absolute Gasteiger partial charge is 0.0619 e. The highest BCUT2D eigenvalue weighted by atomic mass is 16.5. The van der Waals surface area contributed by atoms with Crippen molar-refractivity contribution in [3.63, 3.8) is 0 Å². The number of hydrogen-bond donors (Lipinski definition) is 1. The Balaban J connectivity index is 2.59. The van der Waals surface area contributed by atoms with E-state index in [1.807, 2.05) is 0 Å². The standard InChI is InChI=1S/C14H29NO2/c1-11(2)8-15-10-14(12(3)9-16-5)6-7-17-13(14)4/h11-13,15H,6-10H2,1-5H3. The maximum atomic E-state index is 5.80. The van der Waals surface area contributed by atoms with Crippen LogP contribution in [0.5, 0.6) is 0 Å². The normalized spacial score (nSPS) is 31.1. The molecule has 1 rings (SSSR count). The van der Waals surface area contributed by atoms with Gasteiger partial charge in [-0.25, -0.2) is 0 Å². The molecule has 3 heteroatoms. The number of methoxy groups -OCH3 is 1. The molecular formula is C14H29NO2. The second-order valence-corrected chi connectivity index (χ2v) is 5.88. The quantitative estimate of drug-likeness (QED) is 0.744. The van der Waals surface area contributed by atoms with E-state index in [-0.39, 0.29) is 5.41 Å². The first kappa shape index (κ1) is 14.9. The fourth-order valence-electron chi connectivity index (χ4n) is 2.86. The molecule has 0 bridgehead atoms. The molecule has 1 N–H and O–H groups in total. The van der Waals surface area contributed by atoms with Crippen molar-refractivity contribution >= 4 is 0 Å². The molecule has 1 saturated heterocycles. The minimum Gasteiger partial charge on any atom is -0.384 e. The van der Waals surface area contributed by atoms with Crippen LogP contribution in [0.15, 0.2) is 0 Å². The first-order valence-electron chi connectivity index (χ1n) is 6.84. The largest absolute Gasteiger partial charge is 0.384 e. The van der Waals surface area contributed by atoms with Crippen LogP contribution in [0.4, 0.5) is 0 Å². The fraction of sp³-hybridized carbons (Fsp3) is 1.00. The van der Waals surface area contributed by atoms with Crippen molar-refractivity contribution < 1.29 is 9.47 Å². The summed E-state index contributed by atoms with van der Waals surface area (Å²) in [6.07, 6.45) is 1.47. The van der Waals surface area contributed by atoms with Crippen LogP contribution in [0.25, 0.3) is 0 Å². The Bertz CT molecular complexity index is 220. The predicted octanol–water partition coefficient (Wildman–Crippen LogP) is 2.31. The van der Waals surface area contributed by atoms with Crippen molar-refractivity contribution in [2.24, 2.45) is 17.3 Å². The highest BCUT2D eigenvalue weighted by Crippen LogP contribution is 2.41. The van der Waals surface area contributed by atoms with Crippen molar-refractivity contribution in [2.75, 3.05) is 33.4 Å². The lowest BCUT2D eigenvalue weighted by molar-refractivity contribution is 0.00415. The molecule has 0 saturated carbocycles. The first-order valence-corrected chi connectivity index (χ1v) is 6.84.